The molecule has 0 aliphatic carbocycles. The molecule has 0 bridgehead atoms. The van der Waals surface area contributed by atoms with Crippen LogP contribution in [0.5, 0.6) is 5.75 Å². The Hall–Kier alpha value is -3.00. The lowest BCUT2D eigenvalue weighted by atomic mass is 9.92. The summed E-state index contributed by atoms with van der Waals surface area (Å²) in [5.74, 6) is -1.99. The average Bonchev–Trinajstić information content (AvgIpc) is 2.92. The molecule has 160 valence electrons. The molecular weight excluding hydrogens is 394 g/mol. The number of ether oxygens (including phenoxy) is 1. The summed E-state index contributed by atoms with van der Waals surface area (Å²) in [7, 11) is 0. The molecule has 3 amide bonds. The van der Waals surface area contributed by atoms with Crippen molar-refractivity contribution in [2.45, 2.75) is 38.3 Å². The van der Waals surface area contributed by atoms with Gasteiger partial charge in [0.05, 0.1) is 6.54 Å². The first kappa shape index (κ1) is 21.7. The van der Waals surface area contributed by atoms with Crippen molar-refractivity contribution in [2.24, 2.45) is 0 Å². The zero-order valence-electron chi connectivity index (χ0n) is 17.0. The van der Waals surface area contributed by atoms with E-state index in [1.54, 1.807) is 6.07 Å². The van der Waals surface area contributed by atoms with E-state index < -0.39 is 35.2 Å². The predicted octanol–water partition coefficient (Wildman–Crippen LogP) is 3.30. The van der Waals surface area contributed by atoms with Crippen LogP contribution in [0.3, 0.4) is 0 Å². The third-order valence-electron chi connectivity index (χ3n) is 5.14. The zero-order valence-corrected chi connectivity index (χ0v) is 17.0. The molecule has 6 nitrogen and oxygen atoms in total. The molecule has 1 aliphatic heterocycles. The fourth-order valence-corrected chi connectivity index (χ4v) is 3.40. The number of imide groups is 1. The maximum Gasteiger partial charge on any atom is 0.325 e. The van der Waals surface area contributed by atoms with Crippen LogP contribution in [-0.2, 0) is 10.3 Å². The topological polar surface area (TPSA) is 78.9 Å². The molecule has 0 radical (unpaired) electrons. The molecule has 2 aromatic rings. The van der Waals surface area contributed by atoms with E-state index in [0.717, 1.165) is 22.6 Å². The van der Waals surface area contributed by atoms with E-state index >= 15 is 0 Å². The minimum Gasteiger partial charge on any atom is -0.491 e. The van der Waals surface area contributed by atoms with Crippen molar-refractivity contribution in [3.8, 4) is 5.75 Å². The summed E-state index contributed by atoms with van der Waals surface area (Å²) >= 11 is 0. The molecular formula is C22H24F2N2O4. The first-order chi connectivity index (χ1) is 14.1. The summed E-state index contributed by atoms with van der Waals surface area (Å²) in [6.07, 6.45) is -1.13. The van der Waals surface area contributed by atoms with Crippen LogP contribution in [0.2, 0.25) is 0 Å². The second kappa shape index (κ2) is 8.39. The largest absolute Gasteiger partial charge is 0.491 e. The van der Waals surface area contributed by atoms with E-state index in [1.165, 1.54) is 13.0 Å². The van der Waals surface area contributed by atoms with Crippen LogP contribution in [0, 0.1) is 11.6 Å². The van der Waals surface area contributed by atoms with Gasteiger partial charge in [-0.05, 0) is 42.2 Å². The van der Waals surface area contributed by atoms with Crippen molar-refractivity contribution in [2.75, 3.05) is 13.2 Å². The van der Waals surface area contributed by atoms with Gasteiger partial charge in [0.1, 0.15) is 24.0 Å². The number of urea groups is 1. The minimum atomic E-state index is -1.56. The Morgan fingerprint density at radius 3 is 2.50 bits per heavy atom. The summed E-state index contributed by atoms with van der Waals surface area (Å²) in [6, 6.07) is 9.71. The molecule has 0 aromatic heterocycles. The molecule has 8 heteroatoms. The Balaban J connectivity index is 1.69. The van der Waals surface area contributed by atoms with Crippen molar-refractivity contribution >= 4 is 11.9 Å². The van der Waals surface area contributed by atoms with Gasteiger partial charge < -0.3 is 15.2 Å². The smallest absolute Gasteiger partial charge is 0.325 e. The van der Waals surface area contributed by atoms with Gasteiger partial charge in [0.25, 0.3) is 5.91 Å². The summed E-state index contributed by atoms with van der Waals surface area (Å²) in [5, 5.41) is 12.8. The van der Waals surface area contributed by atoms with E-state index in [4.69, 9.17) is 4.74 Å². The second-order valence-corrected chi connectivity index (χ2v) is 7.76. The number of nitrogens with zero attached hydrogens (tertiary/aromatic N) is 1. The number of benzene rings is 2. The van der Waals surface area contributed by atoms with Crippen LogP contribution >= 0.6 is 0 Å². The SMILES string of the molecule is CC(C)c1ccccc1OCC(O)CN1C(=O)NC(C)(c2ccc(F)c(F)c2)C1=O. The lowest BCUT2D eigenvalue weighted by Gasteiger charge is -2.23. The van der Waals surface area contributed by atoms with Crippen LogP contribution in [0.15, 0.2) is 42.5 Å². The third-order valence-corrected chi connectivity index (χ3v) is 5.14. The van der Waals surface area contributed by atoms with Gasteiger partial charge >= 0.3 is 6.03 Å². The van der Waals surface area contributed by atoms with Gasteiger partial charge in [-0.15, -0.1) is 0 Å². The van der Waals surface area contributed by atoms with E-state index in [1.807, 2.05) is 32.0 Å². The van der Waals surface area contributed by atoms with Gasteiger partial charge in [-0.1, -0.05) is 38.1 Å². The Morgan fingerprint density at radius 2 is 1.83 bits per heavy atom. The first-order valence-electron chi connectivity index (χ1n) is 9.63. The highest BCUT2D eigenvalue weighted by Crippen LogP contribution is 2.30. The number of carbonyl (C=O) groups is 2. The molecule has 0 spiro atoms. The minimum absolute atomic E-state index is 0.110. The Morgan fingerprint density at radius 1 is 1.13 bits per heavy atom. The number of halogens is 2. The van der Waals surface area contributed by atoms with Gasteiger partial charge in [-0.25, -0.2) is 13.6 Å². The quantitative estimate of drug-likeness (QED) is 0.677. The number of aliphatic hydroxyl groups is 1. The van der Waals surface area contributed by atoms with Crippen molar-refractivity contribution < 1.29 is 28.2 Å². The highest BCUT2D eigenvalue weighted by Gasteiger charge is 2.49. The van der Waals surface area contributed by atoms with Gasteiger partial charge in [-0.2, -0.15) is 0 Å². The van der Waals surface area contributed by atoms with Gasteiger partial charge in [-0.3, -0.25) is 9.69 Å². The summed E-state index contributed by atoms with van der Waals surface area (Å²) in [6.45, 7) is 5.02. The number of nitrogens with one attached hydrogen (secondary N) is 1. The molecule has 2 aromatic carbocycles. The number of para-hydroxylation sites is 1. The number of amides is 3. The molecule has 2 unspecified atom stereocenters. The van der Waals surface area contributed by atoms with Crippen LogP contribution in [0.1, 0.15) is 37.8 Å². The van der Waals surface area contributed by atoms with Crippen molar-refractivity contribution in [1.82, 2.24) is 10.2 Å². The first-order valence-corrected chi connectivity index (χ1v) is 9.63. The lowest BCUT2D eigenvalue weighted by molar-refractivity contribution is -0.132. The van der Waals surface area contributed by atoms with E-state index in [-0.39, 0.29) is 24.6 Å². The highest BCUT2D eigenvalue weighted by atomic mass is 19.2. The molecule has 2 N–H and O–H groups in total. The maximum absolute atomic E-state index is 13.6. The number of β-amino-alcohol motifs (C(OH)–C–C–N with tert-alkyl or cyclic N) is 1. The number of hydrogen-bond acceptors (Lipinski definition) is 4. The maximum atomic E-state index is 13.6. The third kappa shape index (κ3) is 4.14. The fraction of sp³-hybridized carbons (Fsp3) is 0.364. The van der Waals surface area contributed by atoms with Crippen LogP contribution in [-0.4, -0.2) is 41.2 Å². The molecule has 3 rings (SSSR count). The van der Waals surface area contributed by atoms with Crippen LogP contribution < -0.4 is 10.1 Å². The van der Waals surface area contributed by atoms with Gasteiger partial charge in [0.15, 0.2) is 11.6 Å². The molecule has 2 atom stereocenters. The van der Waals surface area contributed by atoms with E-state index in [0.29, 0.717) is 5.75 Å². The summed E-state index contributed by atoms with van der Waals surface area (Å²) in [5.41, 5.74) is -0.472. The fourth-order valence-electron chi connectivity index (χ4n) is 3.40. The van der Waals surface area contributed by atoms with E-state index in [9.17, 15) is 23.5 Å². The Bertz CT molecular complexity index is 966. The zero-order chi connectivity index (χ0) is 22.1. The second-order valence-electron chi connectivity index (χ2n) is 7.76. The molecule has 30 heavy (non-hydrogen) atoms. The molecule has 1 fully saturated rings. The standard InChI is InChI=1S/C22H24F2N2O4/c1-13(2)16-6-4-5-7-19(16)30-12-15(27)11-26-20(28)22(3,25-21(26)29)14-8-9-17(23)18(24)10-14/h4-10,13,15,27H,11-12H2,1-3H3,(H,25,29). The van der Waals surface area contributed by atoms with Crippen molar-refractivity contribution in [3.63, 3.8) is 0 Å². The lowest BCUT2D eigenvalue weighted by Crippen LogP contribution is -2.43. The average molecular weight is 418 g/mol. The van der Waals surface area contributed by atoms with Crippen molar-refractivity contribution in [3.05, 3.63) is 65.2 Å². The number of aliphatic hydroxyl groups excluding tert-OH is 1. The van der Waals surface area contributed by atoms with Crippen LogP contribution in [0.25, 0.3) is 0 Å². The molecule has 1 aliphatic rings. The normalized spacial score (nSPS) is 19.9. The Labute approximate surface area is 173 Å². The van der Waals surface area contributed by atoms with Gasteiger partial charge in [0, 0.05) is 0 Å². The van der Waals surface area contributed by atoms with Crippen LogP contribution in [0.4, 0.5) is 13.6 Å². The van der Waals surface area contributed by atoms with E-state index in [2.05, 4.69) is 5.32 Å². The molecule has 0 saturated carbocycles. The monoisotopic (exact) mass is 418 g/mol. The number of carbonyl (C=O) groups excluding carboxylic acids is 2. The number of rotatable bonds is 7. The van der Waals surface area contributed by atoms with Gasteiger partial charge in [0.2, 0.25) is 0 Å². The summed E-state index contributed by atoms with van der Waals surface area (Å²) in [4.78, 5) is 26.1. The summed E-state index contributed by atoms with van der Waals surface area (Å²) < 4.78 is 32.5. The highest BCUT2D eigenvalue weighted by molar-refractivity contribution is 6.07. The molecule has 1 saturated heterocycles. The molecule has 1 heterocycles. The predicted molar refractivity (Wildman–Crippen MR) is 106 cm³/mol. The number of hydrogen-bond donors (Lipinski definition) is 2. The van der Waals surface area contributed by atoms with Crippen molar-refractivity contribution in [1.29, 1.82) is 0 Å². The Kier molecular flexibility index (Phi) is 6.07.